The maximum Gasteiger partial charge on any atom is 0.361 e. The maximum atomic E-state index is 12.4. The number of hydrogen-bond donors (Lipinski definition) is 0. The largest absolute Gasteiger partial charge is 0.462 e. The summed E-state index contributed by atoms with van der Waals surface area (Å²) in [6.45, 7) is 6.34. The highest BCUT2D eigenvalue weighted by Gasteiger charge is 2.25. The first-order valence-electron chi connectivity index (χ1n) is 17.1. The fourth-order valence-corrected chi connectivity index (χ4v) is 6.22. The van der Waals surface area contributed by atoms with E-state index in [2.05, 4.69) is 42.0 Å². The van der Waals surface area contributed by atoms with Crippen LogP contribution in [0.1, 0.15) is 142 Å². The molecule has 0 aromatic rings. The van der Waals surface area contributed by atoms with Crippen LogP contribution in [0, 0.1) is 0 Å². The first kappa shape index (κ1) is 40.2. The van der Waals surface area contributed by atoms with Gasteiger partial charge in [-0.1, -0.05) is 129 Å². The Kier molecular flexibility index (Phi) is 26.3. The zero-order valence-electron chi connectivity index (χ0n) is 28.3. The molecule has 0 amide bonds. The minimum atomic E-state index is -0.115. The van der Waals surface area contributed by atoms with Crippen LogP contribution in [0.2, 0.25) is 0 Å². The first-order chi connectivity index (χ1) is 19.6. The van der Waals surface area contributed by atoms with E-state index in [9.17, 15) is 9.59 Å². The highest BCUT2D eigenvalue weighted by atomic mass is 32.2. The van der Waals surface area contributed by atoms with Crippen molar-refractivity contribution in [3.05, 3.63) is 0 Å². The Morgan fingerprint density at radius 1 is 0.463 bits per heavy atom. The Bertz CT molecular complexity index is 576. The zero-order valence-corrected chi connectivity index (χ0v) is 29.1. The molecule has 244 valence electrons. The number of unbranched alkanes of at least 4 members (excludes halogenated alkanes) is 18. The van der Waals surface area contributed by atoms with E-state index in [1.165, 1.54) is 103 Å². The smallest absolute Gasteiger partial charge is 0.361 e. The van der Waals surface area contributed by atoms with Gasteiger partial charge in [-0.25, -0.2) is 9.59 Å². The van der Waals surface area contributed by atoms with Gasteiger partial charge in [-0.3, -0.25) is 0 Å². The average molecular weight is 603 g/mol. The molecule has 7 heteroatoms. The molecule has 0 fully saturated rings. The Balaban J connectivity index is 3.81. The molecule has 0 N–H and O–H groups in total. The summed E-state index contributed by atoms with van der Waals surface area (Å²) in [5.74, 6) is 1.36. The Labute approximate surface area is 259 Å². The summed E-state index contributed by atoms with van der Waals surface area (Å²) in [6.07, 6.45) is 25.5. The maximum absolute atomic E-state index is 12.4. The van der Waals surface area contributed by atoms with E-state index in [1.807, 2.05) is 0 Å². The second-order valence-corrected chi connectivity index (χ2v) is 14.4. The van der Waals surface area contributed by atoms with Crippen molar-refractivity contribution >= 4 is 23.7 Å². The summed E-state index contributed by atoms with van der Waals surface area (Å²) < 4.78 is 12.2. The van der Waals surface area contributed by atoms with Crippen LogP contribution in [-0.2, 0) is 19.1 Å². The number of nitrogens with zero attached hydrogens (tertiary/aromatic N) is 2. The molecule has 0 bridgehead atoms. The first-order valence-corrected chi connectivity index (χ1v) is 18.3. The van der Waals surface area contributed by atoms with Crippen LogP contribution in [0.5, 0.6) is 0 Å². The molecule has 0 aromatic carbocycles. The molecular formula is C34H70N2O4S+2. The van der Waals surface area contributed by atoms with Crippen LogP contribution in [0.3, 0.4) is 0 Å². The van der Waals surface area contributed by atoms with Crippen LogP contribution in [0.25, 0.3) is 0 Å². The fraction of sp³-hybridized carbons (Fsp3) is 0.941. The Morgan fingerprint density at radius 3 is 1.02 bits per heavy atom. The summed E-state index contributed by atoms with van der Waals surface area (Å²) in [6, 6.07) is 0. The molecule has 0 saturated carbocycles. The van der Waals surface area contributed by atoms with Crippen molar-refractivity contribution in [1.82, 2.24) is 0 Å². The molecular weight excluding hydrogens is 532 g/mol. The number of hydrogen-bond acceptors (Lipinski definition) is 5. The number of likely N-dealkylation sites (N-methyl/N-ethyl adjacent to an activating group) is 2. The third-order valence-electron chi connectivity index (χ3n) is 7.52. The minimum absolute atomic E-state index is 0.115. The van der Waals surface area contributed by atoms with Crippen molar-refractivity contribution in [1.29, 1.82) is 0 Å². The molecule has 0 unspecified atom stereocenters. The molecule has 0 spiro atoms. The number of carbonyl (C=O) groups is 2. The van der Waals surface area contributed by atoms with Crippen LogP contribution in [0.15, 0.2) is 0 Å². The average Bonchev–Trinajstić information content (AvgIpc) is 2.89. The van der Waals surface area contributed by atoms with Crippen molar-refractivity contribution in [3.8, 4) is 0 Å². The normalized spacial score (nSPS) is 12.0. The van der Waals surface area contributed by atoms with Gasteiger partial charge in [-0.2, -0.15) is 0 Å². The van der Waals surface area contributed by atoms with E-state index in [0.717, 1.165) is 37.4 Å². The highest BCUT2D eigenvalue weighted by Crippen LogP contribution is 2.15. The van der Waals surface area contributed by atoms with E-state index in [0.29, 0.717) is 35.3 Å². The third-order valence-corrected chi connectivity index (χ3v) is 9.28. The number of rotatable bonds is 30. The molecule has 0 aromatic heterocycles. The van der Waals surface area contributed by atoms with Gasteiger partial charge in [0.15, 0.2) is 13.1 Å². The number of thioether (sulfide) groups is 1. The summed E-state index contributed by atoms with van der Waals surface area (Å²) in [5, 5.41) is 0. The number of quaternary nitrogens is 2. The van der Waals surface area contributed by atoms with Crippen LogP contribution in [0.4, 0.5) is 0 Å². The molecule has 0 rings (SSSR count). The number of esters is 2. The van der Waals surface area contributed by atoms with Gasteiger partial charge in [-0.05, 0) is 24.6 Å². The lowest BCUT2D eigenvalue weighted by Gasteiger charge is -2.31. The lowest BCUT2D eigenvalue weighted by Crippen LogP contribution is -2.47. The molecule has 0 saturated heterocycles. The topological polar surface area (TPSA) is 52.6 Å². The van der Waals surface area contributed by atoms with Crippen molar-refractivity contribution in [2.24, 2.45) is 0 Å². The molecule has 0 heterocycles. The third kappa shape index (κ3) is 29.1. The summed E-state index contributed by atoms with van der Waals surface area (Å²) in [4.78, 5) is 24.7. The molecule has 0 radical (unpaired) electrons. The summed E-state index contributed by atoms with van der Waals surface area (Å²) >= 11 is 1.77. The second-order valence-electron chi connectivity index (χ2n) is 13.5. The monoisotopic (exact) mass is 603 g/mol. The lowest BCUT2D eigenvalue weighted by molar-refractivity contribution is -0.877. The lowest BCUT2D eigenvalue weighted by atomic mass is 10.1. The van der Waals surface area contributed by atoms with Crippen molar-refractivity contribution < 1.29 is 28.0 Å². The Hall–Kier alpha value is -0.790. The van der Waals surface area contributed by atoms with Crippen LogP contribution in [-0.4, -0.2) is 87.2 Å². The van der Waals surface area contributed by atoms with Gasteiger partial charge in [0.25, 0.3) is 0 Å². The molecule has 6 nitrogen and oxygen atoms in total. The Morgan fingerprint density at radius 2 is 0.732 bits per heavy atom. The van der Waals surface area contributed by atoms with Crippen molar-refractivity contribution in [2.75, 3.05) is 66.2 Å². The fourth-order valence-electron chi connectivity index (χ4n) is 4.97. The van der Waals surface area contributed by atoms with E-state index >= 15 is 0 Å². The second kappa shape index (κ2) is 26.8. The molecule has 0 atom stereocenters. The van der Waals surface area contributed by atoms with Gasteiger partial charge in [0, 0.05) is 0 Å². The van der Waals surface area contributed by atoms with E-state index in [-0.39, 0.29) is 11.9 Å². The van der Waals surface area contributed by atoms with Gasteiger partial charge < -0.3 is 18.4 Å². The van der Waals surface area contributed by atoms with Crippen LogP contribution >= 0.6 is 11.8 Å². The quantitative estimate of drug-likeness (QED) is 0.0356. The molecule has 0 aliphatic heterocycles. The SMILES string of the molecule is CCCCCCCCCCCCOC(=O)C[N+](C)(C)CSC[N+](C)(C)CC(=O)OCCCCCCCCCCCC. The van der Waals surface area contributed by atoms with Crippen LogP contribution < -0.4 is 0 Å². The summed E-state index contributed by atoms with van der Waals surface area (Å²) in [7, 11) is 8.26. The summed E-state index contributed by atoms with van der Waals surface area (Å²) in [5.41, 5.74) is 0. The minimum Gasteiger partial charge on any atom is -0.462 e. The van der Waals surface area contributed by atoms with E-state index in [1.54, 1.807) is 11.8 Å². The molecule has 0 aliphatic rings. The predicted molar refractivity (Wildman–Crippen MR) is 177 cm³/mol. The predicted octanol–water partition coefficient (Wildman–Crippen LogP) is 8.72. The highest BCUT2D eigenvalue weighted by molar-refractivity contribution is 7.98. The van der Waals surface area contributed by atoms with Gasteiger partial charge in [-0.15, -0.1) is 0 Å². The van der Waals surface area contributed by atoms with Gasteiger partial charge in [0.1, 0.15) is 11.8 Å². The van der Waals surface area contributed by atoms with Crippen molar-refractivity contribution in [2.45, 2.75) is 142 Å². The number of carbonyl (C=O) groups excluding carboxylic acids is 2. The van der Waals surface area contributed by atoms with Gasteiger partial charge in [0.2, 0.25) is 0 Å². The standard InChI is InChI=1S/C34H70N2O4S/c1-7-9-11-13-15-17-19-21-23-25-27-39-33(37)29-35(3,4)31-41-32-36(5,6)30-34(38)40-28-26-24-22-20-18-16-14-12-10-8-2/h7-32H2,1-6H3/q+2. The zero-order chi connectivity index (χ0) is 30.7. The number of ether oxygens (including phenoxy) is 2. The van der Waals surface area contributed by atoms with Gasteiger partial charge in [0.05, 0.1) is 41.4 Å². The molecule has 41 heavy (non-hydrogen) atoms. The van der Waals surface area contributed by atoms with E-state index < -0.39 is 0 Å². The van der Waals surface area contributed by atoms with Gasteiger partial charge >= 0.3 is 11.9 Å². The van der Waals surface area contributed by atoms with E-state index in [4.69, 9.17) is 9.47 Å². The molecule has 0 aliphatic carbocycles. The van der Waals surface area contributed by atoms with Crippen molar-refractivity contribution in [3.63, 3.8) is 0 Å².